The van der Waals surface area contributed by atoms with Crippen molar-refractivity contribution in [2.75, 3.05) is 5.75 Å². The molecule has 21 heavy (non-hydrogen) atoms. The van der Waals surface area contributed by atoms with Crippen molar-refractivity contribution in [3.8, 4) is 0 Å². The molecular formula is C12H14F2N2O4S. The van der Waals surface area contributed by atoms with Gasteiger partial charge in [0.1, 0.15) is 0 Å². The van der Waals surface area contributed by atoms with Crippen LogP contribution in [0.15, 0.2) is 18.3 Å². The fourth-order valence-corrected chi connectivity index (χ4v) is 3.45. The lowest BCUT2D eigenvalue weighted by atomic mass is 9.83. The van der Waals surface area contributed by atoms with Crippen LogP contribution in [0, 0.1) is 5.92 Å². The molecule has 1 fully saturated rings. The maximum absolute atomic E-state index is 12.6. The largest absolute Gasteiger partial charge is 0.478 e. The number of alkyl halides is 2. The quantitative estimate of drug-likeness (QED) is 0.822. The number of rotatable bonds is 6. The van der Waals surface area contributed by atoms with Gasteiger partial charge in [-0.25, -0.2) is 26.7 Å². The van der Waals surface area contributed by atoms with E-state index in [-0.39, 0.29) is 17.9 Å². The van der Waals surface area contributed by atoms with Gasteiger partial charge >= 0.3 is 5.97 Å². The number of aromatic carboxylic acids is 1. The van der Waals surface area contributed by atoms with E-state index in [1.165, 1.54) is 12.1 Å². The molecule has 1 aromatic rings. The summed E-state index contributed by atoms with van der Waals surface area (Å²) in [5.41, 5.74) is 0.348. The molecule has 1 heterocycles. The highest BCUT2D eigenvalue weighted by molar-refractivity contribution is 7.89. The van der Waals surface area contributed by atoms with Crippen molar-refractivity contribution in [3.63, 3.8) is 0 Å². The van der Waals surface area contributed by atoms with E-state index in [4.69, 9.17) is 5.11 Å². The van der Waals surface area contributed by atoms with E-state index in [0.29, 0.717) is 5.69 Å². The molecule has 2 rings (SSSR count). The first-order chi connectivity index (χ1) is 9.67. The summed E-state index contributed by atoms with van der Waals surface area (Å²) < 4.78 is 51.0. The summed E-state index contributed by atoms with van der Waals surface area (Å²) in [6, 6.07) is 2.70. The summed E-state index contributed by atoms with van der Waals surface area (Å²) in [5, 5.41) is 8.70. The second-order valence-electron chi connectivity index (χ2n) is 5.08. The Morgan fingerprint density at radius 1 is 1.43 bits per heavy atom. The number of hydrogen-bond donors (Lipinski definition) is 2. The van der Waals surface area contributed by atoms with Crippen LogP contribution in [0.4, 0.5) is 8.78 Å². The number of aromatic nitrogens is 1. The molecule has 0 spiro atoms. The number of carbonyl (C=O) groups is 1. The third kappa shape index (κ3) is 4.43. The minimum atomic E-state index is -3.66. The van der Waals surface area contributed by atoms with Gasteiger partial charge in [0.05, 0.1) is 23.6 Å². The van der Waals surface area contributed by atoms with Crippen LogP contribution in [0.25, 0.3) is 0 Å². The Hall–Kier alpha value is -1.61. The zero-order valence-electron chi connectivity index (χ0n) is 10.9. The molecule has 0 saturated heterocycles. The number of nitrogens with one attached hydrogen (secondary N) is 1. The summed E-state index contributed by atoms with van der Waals surface area (Å²) >= 11 is 0. The van der Waals surface area contributed by atoms with Crippen LogP contribution in [-0.4, -0.2) is 36.2 Å². The molecule has 9 heteroatoms. The summed E-state index contributed by atoms with van der Waals surface area (Å²) in [5.74, 6) is -4.73. The Labute approximate surface area is 120 Å². The molecular weight excluding hydrogens is 306 g/mol. The molecule has 1 saturated carbocycles. The van der Waals surface area contributed by atoms with Gasteiger partial charge in [-0.15, -0.1) is 0 Å². The van der Waals surface area contributed by atoms with Crippen molar-refractivity contribution in [2.45, 2.75) is 25.3 Å². The minimum Gasteiger partial charge on any atom is -0.478 e. The summed E-state index contributed by atoms with van der Waals surface area (Å²) in [4.78, 5) is 14.4. The first kappa shape index (κ1) is 15.8. The van der Waals surface area contributed by atoms with Crippen LogP contribution < -0.4 is 4.72 Å². The number of halogens is 2. The molecule has 0 aromatic carbocycles. The highest BCUT2D eigenvalue weighted by Gasteiger charge is 2.46. The maximum atomic E-state index is 12.6. The number of carboxylic acid groups (broad SMARTS) is 1. The third-order valence-electron chi connectivity index (χ3n) is 3.17. The van der Waals surface area contributed by atoms with Gasteiger partial charge in [-0.2, -0.15) is 0 Å². The molecule has 116 valence electrons. The highest BCUT2D eigenvalue weighted by Crippen LogP contribution is 2.42. The van der Waals surface area contributed by atoms with Crippen molar-refractivity contribution >= 4 is 16.0 Å². The predicted molar refractivity (Wildman–Crippen MR) is 69.5 cm³/mol. The van der Waals surface area contributed by atoms with E-state index < -0.39 is 40.7 Å². The lowest BCUT2D eigenvalue weighted by Crippen LogP contribution is -2.41. The zero-order valence-corrected chi connectivity index (χ0v) is 11.7. The SMILES string of the molecule is O=C(O)c1ccc(CNS(=O)(=O)CC2CC(F)(F)C2)nc1. The fraction of sp³-hybridized carbons (Fsp3) is 0.500. The third-order valence-corrected chi connectivity index (χ3v) is 4.67. The van der Waals surface area contributed by atoms with Gasteiger partial charge in [0.2, 0.25) is 15.9 Å². The van der Waals surface area contributed by atoms with Crippen LogP contribution in [0.1, 0.15) is 28.9 Å². The first-order valence-corrected chi connectivity index (χ1v) is 7.85. The minimum absolute atomic E-state index is 0.00157. The monoisotopic (exact) mass is 320 g/mol. The van der Waals surface area contributed by atoms with Gasteiger partial charge in [0.15, 0.2) is 0 Å². The number of carboxylic acids is 1. The molecule has 0 aliphatic heterocycles. The lowest BCUT2D eigenvalue weighted by molar-refractivity contribution is -0.103. The van der Waals surface area contributed by atoms with Crippen LogP contribution in [0.5, 0.6) is 0 Å². The summed E-state index contributed by atoms with van der Waals surface area (Å²) in [6.45, 7) is -0.106. The molecule has 1 aliphatic rings. The van der Waals surface area contributed by atoms with Crippen molar-refractivity contribution in [1.82, 2.24) is 9.71 Å². The van der Waals surface area contributed by atoms with E-state index in [9.17, 15) is 22.0 Å². The van der Waals surface area contributed by atoms with Gasteiger partial charge in [-0.3, -0.25) is 4.98 Å². The van der Waals surface area contributed by atoms with E-state index in [2.05, 4.69) is 9.71 Å². The fourth-order valence-electron chi connectivity index (χ4n) is 2.11. The second kappa shape index (κ2) is 5.64. The van der Waals surface area contributed by atoms with Crippen LogP contribution >= 0.6 is 0 Å². The Morgan fingerprint density at radius 3 is 2.57 bits per heavy atom. The molecule has 1 aromatic heterocycles. The number of hydrogen-bond acceptors (Lipinski definition) is 4. The molecule has 0 unspecified atom stereocenters. The molecule has 6 nitrogen and oxygen atoms in total. The molecule has 1 aliphatic carbocycles. The second-order valence-corrected chi connectivity index (χ2v) is 6.93. The topological polar surface area (TPSA) is 96.4 Å². The Kier molecular flexibility index (Phi) is 4.24. The van der Waals surface area contributed by atoms with Crippen molar-refractivity contribution in [3.05, 3.63) is 29.6 Å². The van der Waals surface area contributed by atoms with E-state index in [1.54, 1.807) is 0 Å². The van der Waals surface area contributed by atoms with E-state index in [0.717, 1.165) is 6.20 Å². The van der Waals surface area contributed by atoms with Crippen molar-refractivity contribution in [2.24, 2.45) is 5.92 Å². The first-order valence-electron chi connectivity index (χ1n) is 6.20. The summed E-state index contributed by atoms with van der Waals surface area (Å²) in [7, 11) is -3.66. The molecule has 0 amide bonds. The molecule has 0 bridgehead atoms. The Morgan fingerprint density at radius 2 is 2.10 bits per heavy atom. The molecule has 0 atom stereocenters. The van der Waals surface area contributed by atoms with E-state index >= 15 is 0 Å². The van der Waals surface area contributed by atoms with Gasteiger partial charge in [0.25, 0.3) is 0 Å². The van der Waals surface area contributed by atoms with Crippen LogP contribution in [0.2, 0.25) is 0 Å². The lowest BCUT2D eigenvalue weighted by Gasteiger charge is -2.34. The Balaban J connectivity index is 1.85. The van der Waals surface area contributed by atoms with Crippen LogP contribution in [0.3, 0.4) is 0 Å². The maximum Gasteiger partial charge on any atom is 0.337 e. The van der Waals surface area contributed by atoms with E-state index in [1.807, 2.05) is 0 Å². The molecule has 0 radical (unpaired) electrons. The van der Waals surface area contributed by atoms with Gasteiger partial charge in [0, 0.05) is 19.0 Å². The van der Waals surface area contributed by atoms with Crippen LogP contribution in [-0.2, 0) is 16.6 Å². The van der Waals surface area contributed by atoms with Gasteiger partial charge in [-0.1, -0.05) is 0 Å². The average molecular weight is 320 g/mol. The smallest absolute Gasteiger partial charge is 0.337 e. The number of sulfonamides is 1. The highest BCUT2D eigenvalue weighted by atomic mass is 32.2. The van der Waals surface area contributed by atoms with Crippen molar-refractivity contribution in [1.29, 1.82) is 0 Å². The number of nitrogens with zero attached hydrogens (tertiary/aromatic N) is 1. The van der Waals surface area contributed by atoms with Gasteiger partial charge in [-0.05, 0) is 18.1 Å². The molecule has 2 N–H and O–H groups in total. The standard InChI is InChI=1S/C12H14F2N2O4S/c13-12(14)3-8(4-12)7-21(19,20)16-6-10-2-1-9(5-15-10)11(17)18/h1-2,5,8,16H,3-4,6-7H2,(H,17,18). The predicted octanol–water partition coefficient (Wildman–Crippen LogP) is 1.24. The average Bonchev–Trinajstić information content (AvgIpc) is 2.34. The number of pyridine rings is 1. The Bertz CT molecular complexity index is 623. The summed E-state index contributed by atoms with van der Waals surface area (Å²) in [6.07, 6.45) is 0.317. The van der Waals surface area contributed by atoms with Crippen molar-refractivity contribution < 1.29 is 27.1 Å². The van der Waals surface area contributed by atoms with Gasteiger partial charge < -0.3 is 5.11 Å². The zero-order chi connectivity index (χ0) is 15.7. The normalized spacial score (nSPS) is 18.2.